The second-order valence-electron chi connectivity index (χ2n) is 5.17. The third-order valence-corrected chi connectivity index (χ3v) is 3.55. The van der Waals surface area contributed by atoms with Gasteiger partial charge < -0.3 is 0 Å². The van der Waals surface area contributed by atoms with Crippen molar-refractivity contribution >= 4 is 0 Å². The standard InChI is InChI=1S/C9F18/c10-1(11)2(12,13)4(16,17)6(20,21)8(24,25)9(26,27)7(22,23)5(18,19)3(1,14)15. The van der Waals surface area contributed by atoms with Crippen molar-refractivity contribution in [2.75, 3.05) is 0 Å². The molecule has 0 saturated heterocycles. The summed E-state index contributed by atoms with van der Waals surface area (Å²) in [7, 11) is 0. The molecule has 0 aromatic carbocycles. The molecule has 162 valence electrons. The Labute approximate surface area is 134 Å². The zero-order chi connectivity index (χ0) is 22.5. The van der Waals surface area contributed by atoms with Gasteiger partial charge >= 0.3 is 53.3 Å². The topological polar surface area (TPSA) is 0 Å². The van der Waals surface area contributed by atoms with E-state index >= 15 is 0 Å². The van der Waals surface area contributed by atoms with Gasteiger partial charge in [0.05, 0.1) is 0 Å². The van der Waals surface area contributed by atoms with Gasteiger partial charge in [-0.1, -0.05) is 0 Å². The maximum atomic E-state index is 12.9. The number of halogens is 18. The van der Waals surface area contributed by atoms with Crippen LogP contribution in [0.25, 0.3) is 0 Å². The normalized spacial score (nSPS) is 34.0. The average Bonchev–Trinajstić information content (AvgIpc) is 2.44. The number of hydrogen-bond acceptors (Lipinski definition) is 0. The fourth-order valence-corrected chi connectivity index (χ4v) is 1.77. The predicted molar refractivity (Wildman–Crippen MR) is 44.5 cm³/mol. The Morgan fingerprint density at radius 3 is 0.222 bits per heavy atom. The van der Waals surface area contributed by atoms with Crippen molar-refractivity contribution in [1.29, 1.82) is 0 Å². The van der Waals surface area contributed by atoms with E-state index in [0.29, 0.717) is 0 Å². The lowest BCUT2D eigenvalue weighted by Crippen LogP contribution is -2.72. The van der Waals surface area contributed by atoms with Crippen LogP contribution in [0.5, 0.6) is 0 Å². The van der Waals surface area contributed by atoms with Crippen LogP contribution in [0.15, 0.2) is 0 Å². The lowest BCUT2D eigenvalue weighted by Gasteiger charge is -2.40. The molecule has 0 aromatic heterocycles. The molecule has 1 saturated carbocycles. The van der Waals surface area contributed by atoms with Gasteiger partial charge in [-0.05, 0) is 0 Å². The Morgan fingerprint density at radius 1 is 0.148 bits per heavy atom. The summed E-state index contributed by atoms with van der Waals surface area (Å²) in [6, 6.07) is 0. The molecular weight excluding hydrogens is 450 g/mol. The highest BCUT2D eigenvalue weighted by molar-refractivity contribution is 5.23. The summed E-state index contributed by atoms with van der Waals surface area (Å²) in [4.78, 5) is 0. The summed E-state index contributed by atoms with van der Waals surface area (Å²) in [5.41, 5.74) is 0. The largest absolute Gasteiger partial charge is 0.385 e. The van der Waals surface area contributed by atoms with Gasteiger partial charge in [0, 0.05) is 0 Å². The quantitative estimate of drug-likeness (QED) is 0.415. The predicted octanol–water partition coefficient (Wildman–Crippen LogP) is 5.72. The fourth-order valence-electron chi connectivity index (χ4n) is 1.77. The highest BCUT2D eigenvalue weighted by atomic mass is 19.4. The summed E-state index contributed by atoms with van der Waals surface area (Å²) in [6.45, 7) is 0. The first-order valence-corrected chi connectivity index (χ1v) is 5.65. The molecule has 1 aliphatic rings. The highest BCUT2D eigenvalue weighted by Gasteiger charge is 3.03. The van der Waals surface area contributed by atoms with E-state index in [1.807, 2.05) is 0 Å². The Bertz CT molecular complexity index is 403. The van der Waals surface area contributed by atoms with Crippen molar-refractivity contribution in [2.45, 2.75) is 53.3 Å². The monoisotopic (exact) mass is 450 g/mol. The smallest absolute Gasteiger partial charge is 0.192 e. The Morgan fingerprint density at radius 2 is 0.185 bits per heavy atom. The minimum Gasteiger partial charge on any atom is -0.192 e. The summed E-state index contributed by atoms with van der Waals surface area (Å²) in [5, 5.41) is 0. The lowest BCUT2D eigenvalue weighted by molar-refractivity contribution is -0.439. The molecule has 18 heteroatoms. The second kappa shape index (κ2) is 5.01. The van der Waals surface area contributed by atoms with Crippen molar-refractivity contribution in [2.24, 2.45) is 0 Å². The highest BCUT2D eigenvalue weighted by Crippen LogP contribution is 2.70. The number of hydrogen-bond donors (Lipinski definition) is 0. The van der Waals surface area contributed by atoms with Crippen LogP contribution in [-0.2, 0) is 0 Å². The van der Waals surface area contributed by atoms with Gasteiger partial charge in [-0.25, -0.2) is 0 Å². The first kappa shape index (κ1) is 23.8. The van der Waals surface area contributed by atoms with Crippen LogP contribution < -0.4 is 0 Å². The van der Waals surface area contributed by atoms with Crippen LogP contribution in [0.2, 0.25) is 0 Å². The molecule has 27 heavy (non-hydrogen) atoms. The number of alkyl halides is 18. The first-order chi connectivity index (χ1) is 11.2. The van der Waals surface area contributed by atoms with Crippen molar-refractivity contribution in [1.82, 2.24) is 0 Å². The van der Waals surface area contributed by atoms with E-state index in [1.54, 1.807) is 0 Å². The maximum Gasteiger partial charge on any atom is 0.385 e. The average molecular weight is 450 g/mol. The van der Waals surface area contributed by atoms with Crippen molar-refractivity contribution < 1.29 is 79.0 Å². The summed E-state index contributed by atoms with van der Waals surface area (Å²) < 4.78 is 233. The van der Waals surface area contributed by atoms with E-state index in [2.05, 4.69) is 0 Å². The van der Waals surface area contributed by atoms with Crippen LogP contribution in [0.3, 0.4) is 0 Å². The lowest BCUT2D eigenvalue weighted by atomic mass is 9.91. The maximum absolute atomic E-state index is 12.9. The molecule has 0 N–H and O–H groups in total. The molecule has 1 rings (SSSR count). The summed E-state index contributed by atoms with van der Waals surface area (Å²) in [5.74, 6) is -77.8. The van der Waals surface area contributed by atoms with E-state index in [0.717, 1.165) is 0 Å². The zero-order valence-electron chi connectivity index (χ0n) is 11.3. The summed E-state index contributed by atoms with van der Waals surface area (Å²) >= 11 is 0. The van der Waals surface area contributed by atoms with Gasteiger partial charge in [0.1, 0.15) is 0 Å². The first-order valence-electron chi connectivity index (χ1n) is 5.65. The SMILES string of the molecule is FC1(F)C(F)(F)C(F)(F)C(F)(F)C(F)(F)C(F)(F)C(F)(F)C(F)(F)C1(F)F. The number of rotatable bonds is 0. The molecule has 0 radical (unpaired) electrons. The molecule has 0 heterocycles. The van der Waals surface area contributed by atoms with Gasteiger partial charge in [0.15, 0.2) is 0 Å². The molecule has 0 aromatic rings. The molecular formula is C9F18. The molecule has 1 fully saturated rings. The molecule has 0 nitrogen and oxygen atoms in total. The van der Waals surface area contributed by atoms with Crippen LogP contribution >= 0.6 is 0 Å². The minimum absolute atomic E-state index is 8.64. The van der Waals surface area contributed by atoms with Crippen LogP contribution in [0.4, 0.5) is 79.0 Å². The fraction of sp³-hybridized carbons (Fsp3) is 1.00. The molecule has 0 unspecified atom stereocenters. The zero-order valence-corrected chi connectivity index (χ0v) is 11.3. The van der Waals surface area contributed by atoms with Crippen molar-refractivity contribution in [3.63, 3.8) is 0 Å². The van der Waals surface area contributed by atoms with Gasteiger partial charge in [-0.15, -0.1) is 0 Å². The molecule has 1 aliphatic carbocycles. The third kappa shape index (κ3) is 2.01. The minimum atomic E-state index is -8.64. The van der Waals surface area contributed by atoms with Crippen LogP contribution in [0.1, 0.15) is 0 Å². The summed E-state index contributed by atoms with van der Waals surface area (Å²) in [6.07, 6.45) is 0. The van der Waals surface area contributed by atoms with E-state index in [-0.39, 0.29) is 0 Å². The van der Waals surface area contributed by atoms with Gasteiger partial charge in [-0.2, -0.15) is 79.0 Å². The van der Waals surface area contributed by atoms with Crippen LogP contribution in [0, 0.1) is 0 Å². The second-order valence-corrected chi connectivity index (χ2v) is 5.17. The van der Waals surface area contributed by atoms with Crippen molar-refractivity contribution in [3.8, 4) is 0 Å². The Balaban J connectivity index is 4.27. The van der Waals surface area contributed by atoms with E-state index in [1.165, 1.54) is 0 Å². The third-order valence-electron chi connectivity index (χ3n) is 3.55. The Kier molecular flexibility index (Phi) is 4.41. The van der Waals surface area contributed by atoms with E-state index < -0.39 is 53.3 Å². The van der Waals surface area contributed by atoms with Gasteiger partial charge in [-0.3, -0.25) is 0 Å². The Hall–Kier alpha value is -1.26. The van der Waals surface area contributed by atoms with E-state index in [4.69, 9.17) is 0 Å². The molecule has 0 bridgehead atoms. The van der Waals surface area contributed by atoms with E-state index in [9.17, 15) is 79.0 Å². The molecule has 0 amide bonds. The van der Waals surface area contributed by atoms with Crippen LogP contribution in [-0.4, -0.2) is 53.3 Å². The molecule has 0 spiro atoms. The van der Waals surface area contributed by atoms with Gasteiger partial charge in [0.25, 0.3) is 0 Å². The molecule has 0 atom stereocenters. The van der Waals surface area contributed by atoms with Crippen molar-refractivity contribution in [3.05, 3.63) is 0 Å². The molecule has 0 aliphatic heterocycles. The van der Waals surface area contributed by atoms with Gasteiger partial charge in [0.2, 0.25) is 0 Å².